The largest absolute Gasteiger partial charge is 0.293 e. The molecule has 0 N–H and O–H groups in total. The highest BCUT2D eigenvalue weighted by Gasteiger charge is 2.11. The third-order valence-electron chi connectivity index (χ3n) is 1.86. The summed E-state index contributed by atoms with van der Waals surface area (Å²) in [6, 6.07) is 4.19. The number of nitrogens with zero attached hydrogens (tertiary/aromatic N) is 1. The second-order valence-corrected chi connectivity index (χ2v) is 3.38. The minimum Gasteiger partial charge on any atom is -0.293 e. The Kier molecular flexibility index (Phi) is 3.37. The van der Waals surface area contributed by atoms with Gasteiger partial charge in [-0.05, 0) is 24.6 Å². The average Bonchev–Trinajstić information content (AvgIpc) is 2.17. The van der Waals surface area contributed by atoms with E-state index in [-0.39, 0.29) is 16.7 Å². The van der Waals surface area contributed by atoms with Crippen molar-refractivity contribution in [3.8, 4) is 6.07 Å². The van der Waals surface area contributed by atoms with Crippen LogP contribution in [-0.2, 0) is 0 Å². The van der Waals surface area contributed by atoms with E-state index in [1.165, 1.54) is 12.1 Å². The van der Waals surface area contributed by atoms with Crippen LogP contribution in [0.3, 0.4) is 0 Å². The first kappa shape index (κ1) is 10.9. The summed E-state index contributed by atoms with van der Waals surface area (Å²) in [5, 5.41) is 8.75. The Morgan fingerprint density at radius 2 is 2.29 bits per heavy atom. The molecule has 1 aromatic carbocycles. The van der Waals surface area contributed by atoms with Crippen LogP contribution in [-0.4, -0.2) is 11.1 Å². The molecular weight excluding hydrogens is 249 g/mol. The van der Waals surface area contributed by atoms with Gasteiger partial charge >= 0.3 is 0 Å². The van der Waals surface area contributed by atoms with E-state index < -0.39 is 5.82 Å². The highest BCUT2D eigenvalue weighted by Crippen LogP contribution is 2.16. The first-order valence-corrected chi connectivity index (χ1v) is 5.01. The summed E-state index contributed by atoms with van der Waals surface area (Å²) in [5.74, 6) is -0.741. The number of benzene rings is 1. The van der Waals surface area contributed by atoms with Crippen LogP contribution >= 0.6 is 15.9 Å². The molecule has 0 unspecified atom stereocenters. The summed E-state index contributed by atoms with van der Waals surface area (Å²) in [6.07, 6.45) is 0. The first-order chi connectivity index (χ1) is 6.60. The van der Waals surface area contributed by atoms with Crippen molar-refractivity contribution in [2.75, 3.05) is 5.33 Å². The standard InChI is InChI=1S/C10H7BrFNO/c1-6-2-9(12)7(5-13)3-8(6)10(14)4-11/h2-3H,4H2,1H3. The molecule has 14 heavy (non-hydrogen) atoms. The normalized spacial score (nSPS) is 9.57. The molecule has 0 saturated carbocycles. The van der Waals surface area contributed by atoms with E-state index in [9.17, 15) is 9.18 Å². The van der Waals surface area contributed by atoms with E-state index in [0.29, 0.717) is 11.1 Å². The predicted octanol–water partition coefficient (Wildman–Crippen LogP) is 2.58. The number of nitriles is 1. The van der Waals surface area contributed by atoms with Gasteiger partial charge < -0.3 is 0 Å². The minimum absolute atomic E-state index is 0.0973. The van der Waals surface area contributed by atoms with Crippen LogP contribution in [0.1, 0.15) is 21.5 Å². The molecule has 1 aromatic rings. The molecule has 1 rings (SSSR count). The molecule has 0 atom stereocenters. The Morgan fingerprint density at radius 1 is 1.64 bits per heavy atom. The Hall–Kier alpha value is -1.21. The van der Waals surface area contributed by atoms with Crippen LogP contribution in [0, 0.1) is 24.1 Å². The zero-order valence-corrected chi connectivity index (χ0v) is 9.06. The lowest BCUT2D eigenvalue weighted by Crippen LogP contribution is -2.04. The lowest BCUT2D eigenvalue weighted by atomic mass is 10.0. The van der Waals surface area contributed by atoms with Crippen LogP contribution in [0.4, 0.5) is 4.39 Å². The van der Waals surface area contributed by atoms with Gasteiger partial charge in [0.15, 0.2) is 5.78 Å². The van der Waals surface area contributed by atoms with Gasteiger partial charge in [0.25, 0.3) is 0 Å². The Balaban J connectivity index is 3.33. The molecule has 0 saturated heterocycles. The topological polar surface area (TPSA) is 40.9 Å². The monoisotopic (exact) mass is 255 g/mol. The molecule has 0 spiro atoms. The molecule has 0 aliphatic rings. The molecule has 0 aliphatic carbocycles. The van der Waals surface area contributed by atoms with Crippen LogP contribution in [0.2, 0.25) is 0 Å². The molecule has 0 amide bonds. The number of ketones is 1. The molecule has 0 aliphatic heterocycles. The molecule has 72 valence electrons. The van der Waals surface area contributed by atoms with Gasteiger partial charge in [0.1, 0.15) is 11.9 Å². The van der Waals surface area contributed by atoms with Crippen molar-refractivity contribution in [1.29, 1.82) is 5.26 Å². The van der Waals surface area contributed by atoms with Crippen molar-refractivity contribution < 1.29 is 9.18 Å². The second kappa shape index (κ2) is 4.34. The maximum atomic E-state index is 13.1. The Morgan fingerprint density at radius 3 is 2.79 bits per heavy atom. The highest BCUT2D eigenvalue weighted by atomic mass is 79.9. The van der Waals surface area contributed by atoms with Crippen molar-refractivity contribution in [3.63, 3.8) is 0 Å². The third kappa shape index (κ3) is 1.99. The van der Waals surface area contributed by atoms with Crippen LogP contribution in [0.5, 0.6) is 0 Å². The number of carbonyl (C=O) groups is 1. The number of rotatable bonds is 2. The number of hydrogen-bond donors (Lipinski definition) is 0. The van der Waals surface area contributed by atoms with Crippen LogP contribution in [0.15, 0.2) is 12.1 Å². The van der Waals surface area contributed by atoms with Crippen LogP contribution in [0.25, 0.3) is 0 Å². The van der Waals surface area contributed by atoms with E-state index in [4.69, 9.17) is 5.26 Å². The smallest absolute Gasteiger partial charge is 0.173 e. The highest BCUT2D eigenvalue weighted by molar-refractivity contribution is 9.09. The lowest BCUT2D eigenvalue weighted by Gasteiger charge is -2.03. The fraction of sp³-hybridized carbons (Fsp3) is 0.200. The first-order valence-electron chi connectivity index (χ1n) is 3.89. The molecule has 0 aromatic heterocycles. The van der Waals surface area contributed by atoms with Crippen molar-refractivity contribution in [1.82, 2.24) is 0 Å². The van der Waals surface area contributed by atoms with E-state index in [1.807, 2.05) is 0 Å². The SMILES string of the molecule is Cc1cc(F)c(C#N)cc1C(=O)CBr. The predicted molar refractivity (Wildman–Crippen MR) is 54.0 cm³/mol. The maximum Gasteiger partial charge on any atom is 0.173 e. The quantitative estimate of drug-likeness (QED) is 0.602. The summed E-state index contributed by atoms with van der Waals surface area (Å²) < 4.78 is 13.1. The molecule has 0 heterocycles. The zero-order valence-electron chi connectivity index (χ0n) is 7.47. The van der Waals surface area contributed by atoms with Gasteiger partial charge in [0.05, 0.1) is 10.9 Å². The second-order valence-electron chi connectivity index (χ2n) is 2.82. The zero-order chi connectivity index (χ0) is 10.7. The van der Waals surface area contributed by atoms with Crippen molar-refractivity contribution in [2.24, 2.45) is 0 Å². The van der Waals surface area contributed by atoms with Crippen molar-refractivity contribution in [2.45, 2.75) is 6.92 Å². The van der Waals surface area contributed by atoms with E-state index in [0.717, 1.165) is 0 Å². The maximum absolute atomic E-state index is 13.1. The molecule has 0 bridgehead atoms. The fourth-order valence-corrected chi connectivity index (χ4v) is 1.43. The summed E-state index contributed by atoms with van der Waals surface area (Å²) in [7, 11) is 0. The van der Waals surface area contributed by atoms with E-state index >= 15 is 0 Å². The number of alkyl halides is 1. The van der Waals surface area contributed by atoms with Gasteiger partial charge in [0, 0.05) is 5.56 Å². The molecule has 0 fully saturated rings. The van der Waals surface area contributed by atoms with Gasteiger partial charge in [-0.3, -0.25) is 4.79 Å². The van der Waals surface area contributed by atoms with E-state index in [2.05, 4.69) is 15.9 Å². The number of Topliss-reactive ketones (excluding diaryl/α,β-unsaturated/α-hetero) is 1. The number of hydrogen-bond acceptors (Lipinski definition) is 2. The average molecular weight is 256 g/mol. The van der Waals surface area contributed by atoms with Gasteiger partial charge in [-0.1, -0.05) is 15.9 Å². The summed E-state index contributed by atoms with van der Waals surface area (Å²) in [6.45, 7) is 1.64. The summed E-state index contributed by atoms with van der Waals surface area (Å²) in [4.78, 5) is 11.3. The van der Waals surface area contributed by atoms with Crippen LogP contribution < -0.4 is 0 Å². The van der Waals surface area contributed by atoms with Crippen molar-refractivity contribution in [3.05, 3.63) is 34.6 Å². The Bertz CT molecular complexity index is 423. The van der Waals surface area contributed by atoms with Gasteiger partial charge in [-0.15, -0.1) is 0 Å². The summed E-state index contributed by atoms with van der Waals surface area (Å²) >= 11 is 3.02. The van der Waals surface area contributed by atoms with Gasteiger partial charge in [-0.2, -0.15) is 5.26 Å². The van der Waals surface area contributed by atoms with Crippen molar-refractivity contribution >= 4 is 21.7 Å². The van der Waals surface area contributed by atoms with E-state index in [1.54, 1.807) is 13.0 Å². The molecule has 2 nitrogen and oxygen atoms in total. The lowest BCUT2D eigenvalue weighted by molar-refractivity contribution is 0.102. The van der Waals surface area contributed by atoms with Gasteiger partial charge in [-0.25, -0.2) is 4.39 Å². The Labute approximate surface area is 89.5 Å². The van der Waals surface area contributed by atoms with Gasteiger partial charge in [0.2, 0.25) is 0 Å². The molecule has 4 heteroatoms. The third-order valence-corrected chi connectivity index (χ3v) is 2.37. The molecular formula is C10H7BrFNO. The molecule has 0 radical (unpaired) electrons. The minimum atomic E-state index is -0.587. The summed E-state index contributed by atoms with van der Waals surface area (Å²) in [5.41, 5.74) is 0.839. The number of halogens is 2. The number of aryl methyl sites for hydroxylation is 1. The number of carbonyl (C=O) groups excluding carboxylic acids is 1. The fourth-order valence-electron chi connectivity index (χ4n) is 1.13.